The third-order valence-electron chi connectivity index (χ3n) is 12.2. The van der Waals surface area contributed by atoms with E-state index >= 15 is 0 Å². The zero-order chi connectivity index (χ0) is 59.9. The molecule has 5 heterocycles. The number of nitrogens with zero attached hydrogens (tertiary/aromatic N) is 9. The van der Waals surface area contributed by atoms with Crippen molar-refractivity contribution in [3.8, 4) is 11.5 Å². The van der Waals surface area contributed by atoms with Crippen LogP contribution in [0.25, 0.3) is 11.0 Å². The van der Waals surface area contributed by atoms with Gasteiger partial charge in [0, 0.05) is 44.0 Å². The molecule has 0 bridgehead atoms. The maximum atomic E-state index is 13.6. The molecule has 2 aromatic carbocycles. The van der Waals surface area contributed by atoms with Crippen molar-refractivity contribution in [2.45, 2.75) is 44.1 Å². The van der Waals surface area contributed by atoms with Crippen molar-refractivity contribution >= 4 is 55.3 Å². The summed E-state index contributed by atoms with van der Waals surface area (Å²) in [4.78, 5) is 52.7. The number of anilines is 2. The first-order valence-electron chi connectivity index (χ1n) is 26.4. The molecule has 5 aromatic rings. The predicted octanol–water partition coefficient (Wildman–Crippen LogP) is 2.48. The van der Waals surface area contributed by atoms with E-state index in [-0.39, 0.29) is 43.8 Å². The molecule has 29 nitrogen and oxygen atoms in total. The van der Waals surface area contributed by atoms with E-state index in [2.05, 4.69) is 35.0 Å². The number of halogens is 4. The van der Waals surface area contributed by atoms with Crippen molar-refractivity contribution in [3.05, 3.63) is 77.2 Å². The lowest BCUT2D eigenvalue weighted by molar-refractivity contribution is -0.136. The number of carbonyl (C=O) groups excluding carboxylic acids is 1. The molecule has 0 saturated carbocycles. The summed E-state index contributed by atoms with van der Waals surface area (Å²) in [5.41, 5.74) is 1.86. The summed E-state index contributed by atoms with van der Waals surface area (Å²) < 4.78 is 132. The minimum absolute atomic E-state index is 0.0598. The zero-order valence-corrected chi connectivity index (χ0v) is 47.9. The summed E-state index contributed by atoms with van der Waals surface area (Å²) >= 11 is 6.37. The van der Waals surface area contributed by atoms with Crippen LogP contribution in [0.3, 0.4) is 0 Å². The third-order valence-corrected chi connectivity index (χ3v) is 15.9. The molecule has 466 valence electrons. The van der Waals surface area contributed by atoms with Gasteiger partial charge in [0.25, 0.3) is 0 Å². The number of aliphatic hydroxyl groups excluding tert-OH is 2. The van der Waals surface area contributed by atoms with Crippen molar-refractivity contribution in [1.82, 2.24) is 34.7 Å². The lowest BCUT2D eigenvalue weighted by Gasteiger charge is -2.37. The molecule has 2 aliphatic heterocycles. The first-order valence-corrected chi connectivity index (χ1v) is 30.4. The number of hydrogen-bond donors (Lipinski definition) is 5. The van der Waals surface area contributed by atoms with E-state index in [0.717, 1.165) is 5.69 Å². The fourth-order valence-electron chi connectivity index (χ4n) is 8.21. The van der Waals surface area contributed by atoms with Crippen LogP contribution in [0.4, 0.5) is 24.7 Å². The van der Waals surface area contributed by atoms with Gasteiger partial charge >= 0.3 is 21.2 Å². The Morgan fingerprint density at radius 2 is 1.27 bits per heavy atom. The molecule has 0 spiro atoms. The molecule has 5 N–H and O–H groups in total. The molecule has 1 unspecified atom stereocenters. The van der Waals surface area contributed by atoms with Crippen molar-refractivity contribution in [2.24, 2.45) is 0 Å². The fourth-order valence-corrected chi connectivity index (χ4v) is 10.9. The Hall–Kier alpha value is -5.06. The summed E-state index contributed by atoms with van der Waals surface area (Å²) in [5.74, 6) is -5.89. The Kier molecular flexibility index (Phi) is 26.7. The molecule has 0 radical (unpaired) electrons. The van der Waals surface area contributed by atoms with E-state index in [1.807, 2.05) is 29.2 Å². The highest BCUT2D eigenvalue weighted by Gasteiger charge is 2.46. The molecular formula is C49H67ClF3N9O20P2. The van der Waals surface area contributed by atoms with Gasteiger partial charge in [-0.3, -0.25) is 13.9 Å². The van der Waals surface area contributed by atoms with Gasteiger partial charge in [-0.15, -0.1) is 5.10 Å². The number of hydrogen-bond acceptors (Lipinski definition) is 24. The lowest BCUT2D eigenvalue weighted by Crippen LogP contribution is -2.47. The molecule has 84 heavy (non-hydrogen) atoms. The monoisotopic (exact) mass is 1260 g/mol. The standard InChI is InChI=1S/C49H67ClF3N9O20P2/c50-49-55-46(38-29-54-62(47(38)56-49)48-44(65)43(64)41(81-48)32-80-84(69,70)33-83(66,67)68)60-8-6-59(7-9-60)36-1-3-37(4-2-36)79-26-25-77-22-21-75-19-20-76-23-24-78-31-35-30-61(58-57-35)10-12-72-14-16-74-18-17-73-15-13-71-11-5-42(63)82-45-39(52)27-34(51)28-40(45)53/h1-4,27-30,41,43-44,48,64-65H,5-26,31-33H2,(H,69,70)(H2,66,67,68)/t41-,43-,44-,48-/m1/s1. The predicted molar refractivity (Wildman–Crippen MR) is 287 cm³/mol. The van der Waals surface area contributed by atoms with E-state index in [4.69, 9.17) is 73.3 Å². The number of fused-ring (bicyclic) bond motifs is 1. The summed E-state index contributed by atoms with van der Waals surface area (Å²) in [7, 11) is -9.64. The fraction of sp³-hybridized carbons (Fsp3) is 0.592. The zero-order valence-electron chi connectivity index (χ0n) is 45.4. The Balaban J connectivity index is 0.640. The van der Waals surface area contributed by atoms with Gasteiger partial charge in [-0.25, -0.2) is 22.5 Å². The normalized spacial score (nSPS) is 18.2. The molecule has 2 aliphatic rings. The number of carbonyl (C=O) groups is 1. The highest BCUT2D eigenvalue weighted by molar-refractivity contribution is 7.70. The molecule has 35 heteroatoms. The number of benzene rings is 2. The summed E-state index contributed by atoms with van der Waals surface area (Å²) in [6.07, 6.45) is -2.89. The topological polar surface area (TPSA) is 344 Å². The Bertz CT molecular complexity index is 2890. The van der Waals surface area contributed by atoms with Gasteiger partial charge in [-0.1, -0.05) is 5.21 Å². The van der Waals surface area contributed by atoms with E-state index < -0.39 is 81.4 Å². The quantitative estimate of drug-likeness (QED) is 0.0124. The first kappa shape index (κ1) is 66.5. The number of ether oxygens (including phenoxy) is 11. The van der Waals surface area contributed by atoms with Crippen LogP contribution in [0.15, 0.2) is 48.8 Å². The lowest BCUT2D eigenvalue weighted by atomic mass is 10.1. The number of piperazine rings is 1. The van der Waals surface area contributed by atoms with Crippen LogP contribution in [0, 0.1) is 17.5 Å². The Morgan fingerprint density at radius 3 is 1.88 bits per heavy atom. The SMILES string of the molecule is O=C(CCOCCOCCOCCOCCn1cc(COCCOCCOCCOCCOc2ccc(N3CCN(c4nc(Cl)nc5c4cnn5[C@@H]4O[C@H](COP(=O)(O)CP(=O)(O)O)[C@@H](O)[C@H]4O)CC3)cc2)nn1)Oc1c(F)cc(F)cc1F. The van der Waals surface area contributed by atoms with Crippen LogP contribution in [-0.2, 0) is 74.2 Å². The van der Waals surface area contributed by atoms with Gasteiger partial charge in [0.05, 0.1) is 143 Å². The molecule has 0 amide bonds. The van der Waals surface area contributed by atoms with Crippen LogP contribution in [0.5, 0.6) is 11.5 Å². The Labute approximate surface area is 484 Å². The number of aliphatic hydroxyl groups is 2. The van der Waals surface area contributed by atoms with E-state index in [1.54, 1.807) is 10.9 Å². The largest absolute Gasteiger partial charge is 0.491 e. The van der Waals surface area contributed by atoms with Gasteiger partial charge < -0.3 is 91.3 Å². The smallest absolute Gasteiger partial charge is 0.340 e. The van der Waals surface area contributed by atoms with Crippen LogP contribution in [0.1, 0.15) is 18.3 Å². The van der Waals surface area contributed by atoms with Gasteiger partial charge in [0.1, 0.15) is 48.0 Å². The van der Waals surface area contributed by atoms with Crippen LogP contribution in [0.2, 0.25) is 5.28 Å². The van der Waals surface area contributed by atoms with Gasteiger partial charge in [-0.05, 0) is 35.9 Å². The Morgan fingerprint density at radius 1 is 0.714 bits per heavy atom. The maximum absolute atomic E-state index is 13.6. The molecule has 5 atom stereocenters. The number of rotatable bonds is 39. The van der Waals surface area contributed by atoms with Gasteiger partial charge in [0.2, 0.25) is 11.0 Å². The summed E-state index contributed by atoms with van der Waals surface area (Å²) in [5, 5.41) is 34.4. The third kappa shape index (κ3) is 21.7. The second-order valence-corrected chi connectivity index (χ2v) is 22.8. The van der Waals surface area contributed by atoms with Crippen molar-refractivity contribution in [2.75, 3.05) is 154 Å². The maximum Gasteiger partial charge on any atom is 0.340 e. The van der Waals surface area contributed by atoms with Crippen LogP contribution < -0.4 is 19.3 Å². The average molecular weight is 1260 g/mol. The van der Waals surface area contributed by atoms with Gasteiger partial charge in [-0.2, -0.15) is 15.1 Å². The molecule has 7 rings (SSSR count). The first-order chi connectivity index (χ1) is 40.4. The second kappa shape index (κ2) is 33.7. The molecular weight excluding hydrogens is 1190 g/mol. The van der Waals surface area contributed by atoms with E-state index in [1.165, 1.54) is 10.9 Å². The van der Waals surface area contributed by atoms with Crippen molar-refractivity contribution in [3.63, 3.8) is 0 Å². The van der Waals surface area contributed by atoms with E-state index in [0.29, 0.717) is 153 Å². The second-order valence-electron chi connectivity index (χ2n) is 18.5. The highest BCUT2D eigenvalue weighted by atomic mass is 35.5. The molecule has 2 fully saturated rings. The number of aromatic nitrogens is 7. The summed E-state index contributed by atoms with van der Waals surface area (Å²) in [6.45, 7) is 7.57. The minimum atomic E-state index is -4.89. The minimum Gasteiger partial charge on any atom is -0.491 e. The van der Waals surface area contributed by atoms with Crippen LogP contribution in [-0.4, -0.2) is 228 Å². The van der Waals surface area contributed by atoms with E-state index in [9.17, 15) is 42.2 Å². The average Bonchev–Trinajstić information content (AvgIpc) is 1.90. The highest BCUT2D eigenvalue weighted by Crippen LogP contribution is 2.55. The van der Waals surface area contributed by atoms with Crippen molar-refractivity contribution in [1.29, 1.82) is 0 Å². The van der Waals surface area contributed by atoms with Crippen molar-refractivity contribution < 1.29 is 109 Å². The molecule has 0 aliphatic carbocycles. The van der Waals surface area contributed by atoms with Gasteiger partial charge in [0.15, 0.2) is 29.4 Å². The molecule has 3 aromatic heterocycles. The molecule has 2 saturated heterocycles. The summed E-state index contributed by atoms with van der Waals surface area (Å²) in [6, 6.07) is 8.57. The van der Waals surface area contributed by atoms with Crippen LogP contribution >= 0.6 is 26.8 Å². The number of esters is 1.